The van der Waals surface area contributed by atoms with Crippen LogP contribution >= 0.6 is 0 Å². The van der Waals surface area contributed by atoms with Gasteiger partial charge in [0.05, 0.1) is 23.3 Å². The maximum atomic E-state index is 13.3. The smallest absolute Gasteiger partial charge is 0.228 e. The number of carbonyl (C=O) groups is 1. The van der Waals surface area contributed by atoms with Crippen molar-refractivity contribution >= 4 is 11.4 Å². The van der Waals surface area contributed by atoms with Gasteiger partial charge in [0.25, 0.3) is 0 Å². The molecule has 0 saturated carbocycles. The number of ether oxygens (including phenoxy) is 1. The third kappa shape index (κ3) is 2.76. The van der Waals surface area contributed by atoms with Crippen LogP contribution in [0.1, 0.15) is 43.9 Å². The largest absolute Gasteiger partial charge is 0.507 e. The summed E-state index contributed by atoms with van der Waals surface area (Å²) >= 11 is 0. The summed E-state index contributed by atoms with van der Waals surface area (Å²) in [6, 6.07) is 10.5. The number of hydrogen-bond acceptors (Lipinski definition) is 7. The SMILES string of the molecule is CC1(C)CC(=O)C2=C(C1)Oc1ncn3nc(-c4ccccc4O)nc3c1C2c1ccco1. The number of carbonyl (C=O) groups excluding carboxylic acids is 1. The fraction of sp³-hybridized carbons (Fsp3) is 0.250. The van der Waals surface area contributed by atoms with Gasteiger partial charge in [-0.15, -0.1) is 5.10 Å². The van der Waals surface area contributed by atoms with Crippen LogP contribution in [0, 0.1) is 5.41 Å². The number of rotatable bonds is 2. The number of nitrogens with zero attached hydrogens (tertiary/aromatic N) is 4. The number of aromatic hydroxyl groups is 1. The summed E-state index contributed by atoms with van der Waals surface area (Å²) in [6.45, 7) is 4.12. The lowest BCUT2D eigenvalue weighted by molar-refractivity contribution is -0.118. The Labute approximate surface area is 183 Å². The van der Waals surface area contributed by atoms with Crippen LogP contribution in [0.4, 0.5) is 0 Å². The van der Waals surface area contributed by atoms with Crippen LogP contribution in [-0.2, 0) is 4.79 Å². The van der Waals surface area contributed by atoms with Gasteiger partial charge in [-0.1, -0.05) is 26.0 Å². The Kier molecular flexibility index (Phi) is 3.83. The molecule has 1 aliphatic heterocycles. The third-order valence-electron chi connectivity index (χ3n) is 6.04. The predicted molar refractivity (Wildman–Crippen MR) is 114 cm³/mol. The minimum atomic E-state index is -0.495. The summed E-state index contributed by atoms with van der Waals surface area (Å²) in [5, 5.41) is 14.8. The first-order chi connectivity index (χ1) is 15.4. The third-order valence-corrected chi connectivity index (χ3v) is 6.04. The van der Waals surface area contributed by atoms with Crippen molar-refractivity contribution in [2.45, 2.75) is 32.6 Å². The maximum absolute atomic E-state index is 13.3. The molecule has 8 heteroatoms. The van der Waals surface area contributed by atoms with Gasteiger partial charge >= 0.3 is 0 Å². The van der Waals surface area contributed by atoms with Crippen LogP contribution in [0.3, 0.4) is 0 Å². The fourth-order valence-electron chi connectivity index (χ4n) is 4.66. The molecule has 32 heavy (non-hydrogen) atoms. The number of para-hydroxylation sites is 1. The second-order valence-electron chi connectivity index (χ2n) is 9.01. The first-order valence-electron chi connectivity index (χ1n) is 10.4. The Morgan fingerprint density at radius 3 is 2.78 bits per heavy atom. The average Bonchev–Trinajstić information content (AvgIpc) is 3.41. The van der Waals surface area contributed by atoms with Crippen molar-refractivity contribution < 1.29 is 19.1 Å². The molecule has 0 fully saturated rings. The van der Waals surface area contributed by atoms with Crippen LogP contribution in [0.15, 0.2) is 64.7 Å². The van der Waals surface area contributed by atoms with Gasteiger partial charge in [0, 0.05) is 18.4 Å². The summed E-state index contributed by atoms with van der Waals surface area (Å²) in [5.74, 6) is 1.62. The Morgan fingerprint density at radius 1 is 1.16 bits per heavy atom. The number of hydrogen-bond donors (Lipinski definition) is 1. The Hall–Kier alpha value is -3.94. The van der Waals surface area contributed by atoms with Crippen molar-refractivity contribution in [3.63, 3.8) is 0 Å². The van der Waals surface area contributed by atoms with E-state index in [-0.39, 0.29) is 16.9 Å². The van der Waals surface area contributed by atoms with Gasteiger partial charge < -0.3 is 14.3 Å². The van der Waals surface area contributed by atoms with Crippen molar-refractivity contribution in [2.24, 2.45) is 5.41 Å². The summed E-state index contributed by atoms with van der Waals surface area (Å²) < 4.78 is 13.5. The summed E-state index contributed by atoms with van der Waals surface area (Å²) in [7, 11) is 0. The van der Waals surface area contributed by atoms with E-state index in [2.05, 4.69) is 23.9 Å². The zero-order valence-electron chi connectivity index (χ0n) is 17.6. The lowest BCUT2D eigenvalue weighted by Crippen LogP contribution is -2.33. The molecular formula is C24H20N4O4. The van der Waals surface area contributed by atoms with E-state index < -0.39 is 5.92 Å². The standard InChI is InChI=1S/C24H20N4O4/c1-24(2)10-15(30)18-17(11-24)32-23-20(19(18)16-8-5-9-31-16)22-26-21(27-28(22)12-25-23)13-6-3-4-7-14(13)29/h3-9,12,19,29H,10-11H2,1-2H3. The second kappa shape index (κ2) is 6.53. The van der Waals surface area contributed by atoms with Crippen molar-refractivity contribution in [1.82, 2.24) is 19.6 Å². The molecule has 160 valence electrons. The molecule has 3 aromatic heterocycles. The number of Topliss-reactive ketones (excluding diaryl/α,β-unsaturated/α-hetero) is 1. The number of phenolic OH excluding ortho intramolecular Hbond substituents is 1. The van der Waals surface area contributed by atoms with Crippen LogP contribution in [0.25, 0.3) is 17.0 Å². The second-order valence-corrected chi connectivity index (χ2v) is 9.01. The first kappa shape index (κ1) is 18.8. The topological polar surface area (TPSA) is 103 Å². The van der Waals surface area contributed by atoms with Crippen molar-refractivity contribution in [2.75, 3.05) is 0 Å². The molecule has 0 amide bonds. The highest BCUT2D eigenvalue weighted by Crippen LogP contribution is 2.50. The van der Waals surface area contributed by atoms with Gasteiger partial charge in [0.15, 0.2) is 17.3 Å². The minimum absolute atomic E-state index is 0.0331. The molecule has 1 aliphatic carbocycles. The molecule has 0 spiro atoms. The van der Waals surface area contributed by atoms with E-state index in [1.54, 1.807) is 35.0 Å². The molecule has 0 radical (unpaired) electrons. The average molecular weight is 428 g/mol. The summed E-state index contributed by atoms with van der Waals surface area (Å²) in [5.41, 5.74) is 2.03. The molecule has 4 heterocycles. The van der Waals surface area contributed by atoms with Crippen LogP contribution in [0.5, 0.6) is 11.6 Å². The molecule has 1 N–H and O–H groups in total. The predicted octanol–water partition coefficient (Wildman–Crippen LogP) is 4.26. The highest BCUT2D eigenvalue weighted by atomic mass is 16.5. The molecule has 1 aromatic carbocycles. The maximum Gasteiger partial charge on any atom is 0.228 e. The zero-order chi connectivity index (χ0) is 22.0. The lowest BCUT2D eigenvalue weighted by Gasteiger charge is -2.36. The van der Waals surface area contributed by atoms with Crippen LogP contribution < -0.4 is 4.74 Å². The summed E-state index contributed by atoms with van der Waals surface area (Å²) in [4.78, 5) is 22.5. The van der Waals surface area contributed by atoms with E-state index in [0.717, 1.165) is 0 Å². The number of phenols is 1. The van der Waals surface area contributed by atoms with Gasteiger partial charge in [0.2, 0.25) is 5.88 Å². The fourth-order valence-corrected chi connectivity index (χ4v) is 4.66. The Balaban J connectivity index is 1.60. The molecule has 6 rings (SSSR count). The van der Waals surface area contributed by atoms with Gasteiger partial charge in [0.1, 0.15) is 23.6 Å². The van der Waals surface area contributed by atoms with Gasteiger partial charge in [-0.2, -0.15) is 0 Å². The Morgan fingerprint density at radius 2 is 2.00 bits per heavy atom. The number of allylic oxidation sites excluding steroid dienone is 2. The van der Waals surface area contributed by atoms with Gasteiger partial charge in [-0.05, 0) is 29.7 Å². The lowest BCUT2D eigenvalue weighted by atomic mass is 9.71. The number of aromatic nitrogens is 4. The van der Waals surface area contributed by atoms with E-state index in [1.165, 1.54) is 6.33 Å². The van der Waals surface area contributed by atoms with E-state index in [0.29, 0.717) is 58.4 Å². The summed E-state index contributed by atoms with van der Waals surface area (Å²) in [6.07, 6.45) is 4.18. The van der Waals surface area contributed by atoms with Crippen molar-refractivity contribution in [3.8, 4) is 23.0 Å². The normalized spacial score (nSPS) is 19.6. The van der Waals surface area contributed by atoms with Gasteiger partial charge in [-0.3, -0.25) is 4.79 Å². The molecule has 0 saturated heterocycles. The molecule has 4 aromatic rings. The van der Waals surface area contributed by atoms with E-state index in [1.807, 2.05) is 12.1 Å². The number of fused-ring (bicyclic) bond motifs is 3. The quantitative estimate of drug-likeness (QED) is 0.509. The molecule has 0 bridgehead atoms. The number of benzene rings is 1. The number of ketones is 1. The number of furan rings is 1. The van der Waals surface area contributed by atoms with Crippen molar-refractivity contribution in [3.05, 3.63) is 71.6 Å². The molecule has 1 unspecified atom stereocenters. The highest BCUT2D eigenvalue weighted by molar-refractivity contribution is 6.00. The van der Waals surface area contributed by atoms with E-state index in [4.69, 9.17) is 14.1 Å². The van der Waals surface area contributed by atoms with E-state index >= 15 is 0 Å². The zero-order valence-corrected chi connectivity index (χ0v) is 17.6. The van der Waals surface area contributed by atoms with E-state index in [9.17, 15) is 9.90 Å². The minimum Gasteiger partial charge on any atom is -0.507 e. The van der Waals surface area contributed by atoms with Crippen LogP contribution in [0.2, 0.25) is 0 Å². The van der Waals surface area contributed by atoms with Crippen LogP contribution in [-0.4, -0.2) is 30.5 Å². The van der Waals surface area contributed by atoms with Gasteiger partial charge in [-0.25, -0.2) is 14.5 Å². The van der Waals surface area contributed by atoms with Crippen molar-refractivity contribution in [1.29, 1.82) is 0 Å². The monoisotopic (exact) mass is 428 g/mol. The molecule has 1 atom stereocenters. The Bertz CT molecular complexity index is 1420. The highest BCUT2D eigenvalue weighted by Gasteiger charge is 2.45. The molecule has 2 aliphatic rings. The first-order valence-corrected chi connectivity index (χ1v) is 10.4. The molecular weight excluding hydrogens is 408 g/mol. The molecule has 8 nitrogen and oxygen atoms in total.